The second-order valence-corrected chi connectivity index (χ2v) is 4.99. The predicted molar refractivity (Wildman–Crippen MR) is 86.5 cm³/mol. The molecule has 0 aliphatic heterocycles. The molecule has 1 heterocycles. The van der Waals surface area contributed by atoms with Gasteiger partial charge in [0.15, 0.2) is 5.82 Å². The van der Waals surface area contributed by atoms with Gasteiger partial charge in [-0.2, -0.15) is 5.10 Å². The molecule has 0 amide bonds. The first-order valence-corrected chi connectivity index (χ1v) is 6.93. The van der Waals surface area contributed by atoms with E-state index in [4.69, 9.17) is 18.0 Å². The van der Waals surface area contributed by atoms with Crippen LogP contribution < -0.4 is 10.6 Å². The molecule has 2 N–H and O–H groups in total. The Labute approximate surface area is 124 Å². The molecule has 1 aromatic carbocycles. The van der Waals surface area contributed by atoms with Crippen molar-refractivity contribution in [3.63, 3.8) is 0 Å². The van der Waals surface area contributed by atoms with Crippen molar-refractivity contribution in [3.05, 3.63) is 47.2 Å². The Morgan fingerprint density at radius 1 is 1.20 bits per heavy atom. The number of nitrogens with two attached hydrogens (primary N) is 1. The highest BCUT2D eigenvalue weighted by molar-refractivity contribution is 7.80. The summed E-state index contributed by atoms with van der Waals surface area (Å²) in [5, 5.41) is 8.53. The van der Waals surface area contributed by atoms with Gasteiger partial charge >= 0.3 is 0 Å². The van der Waals surface area contributed by atoms with Gasteiger partial charge in [0.2, 0.25) is 0 Å². The zero-order chi connectivity index (χ0) is 14.7. The Morgan fingerprint density at radius 2 is 1.85 bits per heavy atom. The molecule has 0 fully saturated rings. The van der Waals surface area contributed by atoms with Crippen molar-refractivity contribution in [2.45, 2.75) is 20.8 Å². The van der Waals surface area contributed by atoms with Gasteiger partial charge in [0.05, 0.1) is 11.3 Å². The average molecular weight is 286 g/mol. The summed E-state index contributed by atoms with van der Waals surface area (Å²) in [6.45, 7) is 6.71. The molecule has 0 saturated carbocycles. The number of anilines is 2. The average Bonchev–Trinajstić information content (AvgIpc) is 2.44. The second kappa shape index (κ2) is 5.96. The van der Waals surface area contributed by atoms with E-state index >= 15 is 0 Å². The number of rotatable bonds is 4. The number of aryl methyl sites for hydroxylation is 1. The van der Waals surface area contributed by atoms with Crippen molar-refractivity contribution >= 4 is 28.7 Å². The minimum Gasteiger partial charge on any atom is -0.389 e. The molecule has 2 aromatic rings. The van der Waals surface area contributed by atoms with Gasteiger partial charge in [-0.05, 0) is 38.5 Å². The molecule has 4 nitrogen and oxygen atoms in total. The summed E-state index contributed by atoms with van der Waals surface area (Å²) < 4.78 is 0. The molecule has 0 aliphatic rings. The van der Waals surface area contributed by atoms with Crippen LogP contribution in [0.5, 0.6) is 0 Å². The minimum atomic E-state index is 0.352. The van der Waals surface area contributed by atoms with Crippen LogP contribution in [0.15, 0.2) is 30.3 Å². The Hall–Kier alpha value is -2.01. The van der Waals surface area contributed by atoms with E-state index in [9.17, 15) is 0 Å². The summed E-state index contributed by atoms with van der Waals surface area (Å²) >= 11 is 5.20. The number of nitrogens with zero attached hydrogens (tertiary/aromatic N) is 3. The lowest BCUT2D eigenvalue weighted by Crippen LogP contribution is -2.24. The molecule has 0 aliphatic carbocycles. The van der Waals surface area contributed by atoms with Crippen molar-refractivity contribution in [1.82, 2.24) is 10.2 Å². The second-order valence-electron chi connectivity index (χ2n) is 4.55. The molecule has 104 valence electrons. The van der Waals surface area contributed by atoms with Gasteiger partial charge in [-0.25, -0.2) is 0 Å². The lowest BCUT2D eigenvalue weighted by atomic mass is 10.1. The SMILES string of the molecule is CCN(c1ccccc1)c1nnc(C)c(C)c1C(N)=S. The Balaban J connectivity index is 2.61. The first-order valence-electron chi connectivity index (χ1n) is 6.52. The molecule has 5 heteroatoms. The third-order valence-electron chi connectivity index (χ3n) is 3.32. The van der Waals surface area contributed by atoms with Crippen LogP contribution in [-0.4, -0.2) is 21.7 Å². The smallest absolute Gasteiger partial charge is 0.166 e. The Kier molecular flexibility index (Phi) is 4.29. The molecule has 1 aromatic heterocycles. The van der Waals surface area contributed by atoms with E-state index in [-0.39, 0.29) is 0 Å². The fraction of sp³-hybridized carbons (Fsp3) is 0.267. The molecular formula is C15H18N4S. The van der Waals surface area contributed by atoms with E-state index in [0.717, 1.165) is 29.1 Å². The van der Waals surface area contributed by atoms with Crippen LogP contribution in [0.2, 0.25) is 0 Å². The first-order chi connectivity index (χ1) is 9.56. The zero-order valence-corrected chi connectivity index (χ0v) is 12.7. The number of thiocarbonyl (C=S) groups is 1. The molecule has 0 atom stereocenters. The molecule has 0 radical (unpaired) electrons. The zero-order valence-electron chi connectivity index (χ0n) is 11.9. The largest absolute Gasteiger partial charge is 0.389 e. The molecule has 0 spiro atoms. The van der Waals surface area contributed by atoms with Gasteiger partial charge in [0, 0.05) is 12.2 Å². The monoisotopic (exact) mass is 286 g/mol. The highest BCUT2D eigenvalue weighted by Crippen LogP contribution is 2.28. The van der Waals surface area contributed by atoms with Crippen LogP contribution in [0.25, 0.3) is 0 Å². The summed E-state index contributed by atoms with van der Waals surface area (Å²) in [6.07, 6.45) is 0. The molecule has 0 bridgehead atoms. The molecule has 0 saturated heterocycles. The summed E-state index contributed by atoms with van der Waals surface area (Å²) in [4.78, 5) is 2.42. The first kappa shape index (κ1) is 14.4. The quantitative estimate of drug-likeness (QED) is 0.876. The van der Waals surface area contributed by atoms with Crippen molar-refractivity contribution in [2.24, 2.45) is 5.73 Å². The van der Waals surface area contributed by atoms with E-state index in [0.29, 0.717) is 10.8 Å². The van der Waals surface area contributed by atoms with Gasteiger partial charge < -0.3 is 10.6 Å². The topological polar surface area (TPSA) is 55.0 Å². The number of benzene rings is 1. The van der Waals surface area contributed by atoms with Gasteiger partial charge in [-0.1, -0.05) is 30.4 Å². The van der Waals surface area contributed by atoms with Crippen molar-refractivity contribution < 1.29 is 0 Å². The molecule has 2 rings (SSSR count). The maximum absolute atomic E-state index is 5.89. The van der Waals surface area contributed by atoms with Gasteiger partial charge in [0.1, 0.15) is 4.99 Å². The number of para-hydroxylation sites is 1. The van der Waals surface area contributed by atoms with Crippen LogP contribution in [0.4, 0.5) is 11.5 Å². The van der Waals surface area contributed by atoms with Crippen molar-refractivity contribution in [2.75, 3.05) is 11.4 Å². The van der Waals surface area contributed by atoms with Crippen LogP contribution in [0.3, 0.4) is 0 Å². The highest BCUT2D eigenvalue weighted by atomic mass is 32.1. The maximum Gasteiger partial charge on any atom is 0.166 e. The van der Waals surface area contributed by atoms with Crippen molar-refractivity contribution in [3.8, 4) is 0 Å². The summed E-state index contributed by atoms with van der Waals surface area (Å²) in [5.41, 5.74) is 9.57. The highest BCUT2D eigenvalue weighted by Gasteiger charge is 2.19. The summed E-state index contributed by atoms with van der Waals surface area (Å²) in [7, 11) is 0. The van der Waals surface area contributed by atoms with E-state index < -0.39 is 0 Å². The Bertz CT molecular complexity index is 625. The van der Waals surface area contributed by atoms with E-state index in [1.807, 2.05) is 44.2 Å². The van der Waals surface area contributed by atoms with Gasteiger partial charge in [-0.15, -0.1) is 5.10 Å². The lowest BCUT2D eigenvalue weighted by molar-refractivity contribution is 0.898. The van der Waals surface area contributed by atoms with Crippen LogP contribution in [0.1, 0.15) is 23.7 Å². The fourth-order valence-corrected chi connectivity index (χ4v) is 2.39. The van der Waals surface area contributed by atoms with E-state index in [2.05, 4.69) is 22.0 Å². The van der Waals surface area contributed by atoms with Crippen LogP contribution >= 0.6 is 12.2 Å². The Morgan fingerprint density at radius 3 is 2.40 bits per heavy atom. The molecular weight excluding hydrogens is 268 g/mol. The van der Waals surface area contributed by atoms with Crippen LogP contribution in [0, 0.1) is 13.8 Å². The van der Waals surface area contributed by atoms with Crippen molar-refractivity contribution in [1.29, 1.82) is 0 Å². The predicted octanol–water partition coefficient (Wildman–Crippen LogP) is 2.89. The lowest BCUT2D eigenvalue weighted by Gasteiger charge is -2.25. The summed E-state index contributed by atoms with van der Waals surface area (Å²) in [5.74, 6) is 0.717. The van der Waals surface area contributed by atoms with Crippen LogP contribution in [-0.2, 0) is 0 Å². The maximum atomic E-state index is 5.89. The number of hydrogen-bond donors (Lipinski definition) is 1. The number of hydrogen-bond acceptors (Lipinski definition) is 4. The third kappa shape index (κ3) is 2.63. The molecule has 20 heavy (non-hydrogen) atoms. The third-order valence-corrected chi connectivity index (χ3v) is 3.53. The summed E-state index contributed by atoms with van der Waals surface area (Å²) in [6, 6.07) is 10.0. The van der Waals surface area contributed by atoms with Gasteiger partial charge in [-0.3, -0.25) is 0 Å². The van der Waals surface area contributed by atoms with E-state index in [1.165, 1.54) is 0 Å². The molecule has 0 unspecified atom stereocenters. The number of aromatic nitrogens is 2. The fourth-order valence-electron chi connectivity index (χ4n) is 2.14. The normalized spacial score (nSPS) is 10.3. The van der Waals surface area contributed by atoms with Gasteiger partial charge in [0.25, 0.3) is 0 Å². The van der Waals surface area contributed by atoms with E-state index in [1.54, 1.807) is 0 Å². The standard InChI is InChI=1S/C15H18N4S/c1-4-19(12-8-6-5-7-9-12)15-13(14(16)20)10(2)11(3)17-18-15/h5-9H,4H2,1-3H3,(H2,16,20). The minimum absolute atomic E-state index is 0.352.